The van der Waals surface area contributed by atoms with E-state index >= 15 is 0 Å². The molecule has 0 bridgehead atoms. The van der Waals surface area contributed by atoms with Gasteiger partial charge >= 0.3 is 18.4 Å². The molecule has 1 aliphatic heterocycles. The molecule has 38 heavy (non-hydrogen) atoms. The first-order valence-electron chi connectivity index (χ1n) is 11.0. The fourth-order valence-electron chi connectivity index (χ4n) is 4.34. The minimum absolute atomic E-state index is 0.00480. The van der Waals surface area contributed by atoms with E-state index in [0.717, 1.165) is 17.7 Å². The van der Waals surface area contributed by atoms with E-state index in [9.17, 15) is 35.5 Å². The molecule has 2 aliphatic rings. The Hall–Kier alpha value is -3.06. The molecule has 0 saturated carbocycles. The van der Waals surface area contributed by atoms with Gasteiger partial charge in [-0.25, -0.2) is 14.6 Å². The predicted octanol–water partition coefficient (Wildman–Crippen LogP) is 6.40. The molecule has 0 radical (unpaired) electrons. The van der Waals surface area contributed by atoms with Crippen molar-refractivity contribution in [2.24, 2.45) is 10.3 Å². The summed E-state index contributed by atoms with van der Waals surface area (Å²) in [4.78, 5) is 16.5. The monoisotopic (exact) mass is 584 g/mol. The van der Waals surface area contributed by atoms with Crippen LogP contribution in [0.4, 0.5) is 35.5 Å². The Morgan fingerprint density at radius 3 is 2.39 bits per heavy atom. The molecule has 15 heteroatoms. The Bertz CT molecular complexity index is 1310. The molecule has 1 aliphatic carbocycles. The summed E-state index contributed by atoms with van der Waals surface area (Å²) in [5.41, 5.74) is 0.861. The number of urea groups is 1. The highest BCUT2D eigenvalue weighted by atomic mass is 35.5. The molecule has 2 aromatic carbocycles. The number of carbonyl (C=O) groups is 1. The third kappa shape index (κ3) is 5.53. The van der Waals surface area contributed by atoms with Gasteiger partial charge in [-0.1, -0.05) is 40.5 Å². The summed E-state index contributed by atoms with van der Waals surface area (Å²) in [5.74, 6) is -1.06. The Morgan fingerprint density at radius 1 is 1.11 bits per heavy atom. The number of hydrogen-bond donors (Lipinski definition) is 2. The van der Waals surface area contributed by atoms with E-state index in [2.05, 4.69) is 10.3 Å². The predicted molar refractivity (Wildman–Crippen MR) is 125 cm³/mol. The molecule has 0 aromatic heterocycles. The van der Waals surface area contributed by atoms with Crippen LogP contribution in [0.2, 0.25) is 10.0 Å². The van der Waals surface area contributed by atoms with Crippen LogP contribution < -0.4 is 10.7 Å². The first-order chi connectivity index (χ1) is 17.7. The quantitative estimate of drug-likeness (QED) is 0.185. The van der Waals surface area contributed by atoms with Crippen LogP contribution in [0.25, 0.3) is 0 Å². The van der Waals surface area contributed by atoms with E-state index in [1.54, 1.807) is 11.4 Å². The van der Waals surface area contributed by atoms with Crippen molar-refractivity contribution >= 4 is 41.2 Å². The number of benzene rings is 2. The van der Waals surface area contributed by atoms with Crippen molar-refractivity contribution < 1.29 is 40.4 Å². The lowest BCUT2D eigenvalue weighted by atomic mass is 9.85. The number of carbonyl (C=O) groups excluding carboxylic acids is 1. The first-order valence-corrected chi connectivity index (χ1v) is 11.7. The molecule has 4 rings (SSSR count). The van der Waals surface area contributed by atoms with Gasteiger partial charge in [-0.05, 0) is 48.1 Å². The van der Waals surface area contributed by atoms with Crippen molar-refractivity contribution in [1.29, 1.82) is 0 Å². The molecule has 0 spiro atoms. The fraction of sp³-hybridized carbons (Fsp3) is 0.348. The van der Waals surface area contributed by atoms with Gasteiger partial charge in [0.2, 0.25) is 0 Å². The molecule has 0 saturated heterocycles. The van der Waals surface area contributed by atoms with Crippen molar-refractivity contribution in [2.45, 2.75) is 43.6 Å². The molecule has 2 aromatic rings. The summed E-state index contributed by atoms with van der Waals surface area (Å²) in [6.45, 7) is -1.53. The summed E-state index contributed by atoms with van der Waals surface area (Å²) >= 11 is 11.5. The Kier molecular flexibility index (Phi) is 7.54. The average Bonchev–Trinajstić information content (AvgIpc) is 3.49. The van der Waals surface area contributed by atoms with E-state index in [1.807, 2.05) is 5.43 Å². The third-order valence-electron chi connectivity index (χ3n) is 6.09. The standard InChI is InChI=1S/C23H17Cl2F7N4O2/c24-16-6-12(7-17(25)19(16)26)21(23(30,31)32)8-18(36-38-21)15-5-4-11(13-2-1-3-14(13)15)9-34-35-20(37)33-10-22(27,28)29/h4-7,9H,1-3,8,10H2,(H2,33,35,37). The second-order valence-electron chi connectivity index (χ2n) is 8.57. The Balaban J connectivity index is 1.58. The molecule has 2 N–H and O–H groups in total. The van der Waals surface area contributed by atoms with Crippen molar-refractivity contribution in [3.63, 3.8) is 0 Å². The number of oxime groups is 1. The average molecular weight is 585 g/mol. The van der Waals surface area contributed by atoms with Crippen LogP contribution in [0.3, 0.4) is 0 Å². The van der Waals surface area contributed by atoms with Crippen LogP contribution in [-0.4, -0.2) is 36.9 Å². The molecule has 204 valence electrons. The number of amides is 2. The number of fused-ring (bicyclic) bond motifs is 1. The molecular formula is C23H17Cl2F7N4O2. The lowest BCUT2D eigenvalue weighted by Crippen LogP contribution is -2.42. The number of rotatable bonds is 5. The number of hydrazone groups is 1. The highest BCUT2D eigenvalue weighted by molar-refractivity contribution is 6.35. The van der Waals surface area contributed by atoms with Gasteiger partial charge < -0.3 is 10.2 Å². The van der Waals surface area contributed by atoms with Crippen molar-refractivity contribution in [1.82, 2.24) is 10.7 Å². The highest BCUT2D eigenvalue weighted by Gasteiger charge is 2.62. The molecule has 2 amide bonds. The fourth-order valence-corrected chi connectivity index (χ4v) is 4.83. The maximum absolute atomic E-state index is 14.3. The van der Waals surface area contributed by atoms with Gasteiger partial charge in [-0.15, -0.1) is 0 Å². The van der Waals surface area contributed by atoms with Crippen molar-refractivity contribution in [3.05, 3.63) is 67.9 Å². The minimum atomic E-state index is -4.96. The van der Waals surface area contributed by atoms with Gasteiger partial charge in [0.1, 0.15) is 6.54 Å². The zero-order valence-corrected chi connectivity index (χ0v) is 20.5. The maximum Gasteiger partial charge on any atom is 0.435 e. The number of nitrogens with zero attached hydrogens (tertiary/aromatic N) is 2. The van der Waals surface area contributed by atoms with Gasteiger partial charge in [0.25, 0.3) is 5.60 Å². The number of nitrogens with one attached hydrogen (secondary N) is 2. The minimum Gasteiger partial charge on any atom is -0.374 e. The van der Waals surface area contributed by atoms with Crippen molar-refractivity contribution in [2.75, 3.05) is 6.54 Å². The topological polar surface area (TPSA) is 75.1 Å². The Labute approximate surface area is 220 Å². The van der Waals surface area contributed by atoms with Crippen LogP contribution >= 0.6 is 23.2 Å². The molecule has 1 unspecified atom stereocenters. The van der Waals surface area contributed by atoms with Crippen LogP contribution in [0.1, 0.15) is 40.7 Å². The second-order valence-corrected chi connectivity index (χ2v) is 9.38. The maximum atomic E-state index is 14.3. The Morgan fingerprint density at radius 2 is 1.76 bits per heavy atom. The summed E-state index contributed by atoms with van der Waals surface area (Å²) in [6.07, 6.45) is -7.30. The van der Waals surface area contributed by atoms with E-state index < -0.39 is 58.4 Å². The molecule has 0 fully saturated rings. The molecule has 6 nitrogen and oxygen atoms in total. The van der Waals surface area contributed by atoms with Gasteiger partial charge in [-0.2, -0.15) is 31.4 Å². The highest BCUT2D eigenvalue weighted by Crippen LogP contribution is 2.50. The zero-order chi connectivity index (χ0) is 27.9. The molecule has 1 atom stereocenters. The van der Waals surface area contributed by atoms with Crippen LogP contribution in [-0.2, 0) is 23.3 Å². The largest absolute Gasteiger partial charge is 0.435 e. The second kappa shape index (κ2) is 10.3. The SMILES string of the molecule is O=C(NCC(F)(F)F)NN=Cc1ccc(C2=NOC(c3cc(Cl)c(F)c(Cl)c3)(C(F)(F)F)C2)c2c1CCC2. The number of hydrogen-bond acceptors (Lipinski definition) is 4. The van der Waals surface area contributed by atoms with Gasteiger partial charge in [0.05, 0.1) is 22.0 Å². The summed E-state index contributed by atoms with van der Waals surface area (Å²) in [6, 6.07) is 3.51. The van der Waals surface area contributed by atoms with E-state index in [-0.39, 0.29) is 5.71 Å². The summed E-state index contributed by atoms with van der Waals surface area (Å²) in [7, 11) is 0. The lowest BCUT2D eigenvalue weighted by molar-refractivity contribution is -0.275. The van der Waals surface area contributed by atoms with Gasteiger partial charge in [0, 0.05) is 17.5 Å². The summed E-state index contributed by atoms with van der Waals surface area (Å²) < 4.78 is 93.4. The molecule has 1 heterocycles. The third-order valence-corrected chi connectivity index (χ3v) is 6.64. The van der Waals surface area contributed by atoms with Gasteiger partial charge in [0.15, 0.2) is 5.82 Å². The number of halogens is 9. The normalized spacial score (nSPS) is 19.3. The van der Waals surface area contributed by atoms with Crippen molar-refractivity contribution in [3.8, 4) is 0 Å². The summed E-state index contributed by atoms with van der Waals surface area (Å²) in [5, 5.41) is 7.80. The van der Waals surface area contributed by atoms with Crippen LogP contribution in [0, 0.1) is 5.82 Å². The first kappa shape index (κ1) is 28.0. The smallest absolute Gasteiger partial charge is 0.374 e. The van der Waals surface area contributed by atoms with E-state index in [4.69, 9.17) is 28.0 Å². The zero-order valence-electron chi connectivity index (χ0n) is 19.0. The van der Waals surface area contributed by atoms with Gasteiger partial charge in [-0.3, -0.25) is 0 Å². The van der Waals surface area contributed by atoms with E-state index in [1.165, 1.54) is 12.3 Å². The number of alkyl halides is 6. The van der Waals surface area contributed by atoms with Crippen LogP contribution in [0.5, 0.6) is 0 Å². The lowest BCUT2D eigenvalue weighted by Gasteiger charge is -2.30. The van der Waals surface area contributed by atoms with E-state index in [0.29, 0.717) is 36.0 Å². The molecular weight excluding hydrogens is 568 g/mol. The van der Waals surface area contributed by atoms with Crippen LogP contribution in [0.15, 0.2) is 34.5 Å².